The monoisotopic (exact) mass is 287 g/mol. The van der Waals surface area contributed by atoms with Crippen LogP contribution in [0.25, 0.3) is 0 Å². The molecule has 0 saturated heterocycles. The lowest BCUT2D eigenvalue weighted by Crippen LogP contribution is -2.24. The number of para-hydroxylation sites is 1. The van der Waals surface area contributed by atoms with Crippen molar-refractivity contribution in [3.63, 3.8) is 0 Å². The van der Waals surface area contributed by atoms with Gasteiger partial charge in [0.05, 0.1) is 23.4 Å². The summed E-state index contributed by atoms with van der Waals surface area (Å²) < 4.78 is 39.3. The predicted octanol–water partition coefficient (Wildman–Crippen LogP) is 1.34. The number of anilines is 1. The SMILES string of the molecule is Nc1c(F)cccc1S(=O)(=O)NCc1cscn1. The summed E-state index contributed by atoms with van der Waals surface area (Å²) in [7, 11) is -3.84. The van der Waals surface area contributed by atoms with Gasteiger partial charge in [0.25, 0.3) is 0 Å². The van der Waals surface area contributed by atoms with Gasteiger partial charge < -0.3 is 5.73 Å². The van der Waals surface area contributed by atoms with Crippen LogP contribution in [-0.2, 0) is 16.6 Å². The highest BCUT2D eigenvalue weighted by Crippen LogP contribution is 2.20. The third-order valence-electron chi connectivity index (χ3n) is 2.23. The molecule has 0 unspecified atom stereocenters. The number of benzene rings is 1. The molecular weight excluding hydrogens is 277 g/mol. The zero-order valence-corrected chi connectivity index (χ0v) is 10.8. The van der Waals surface area contributed by atoms with Crippen molar-refractivity contribution in [1.29, 1.82) is 0 Å². The molecule has 0 radical (unpaired) electrons. The normalized spacial score (nSPS) is 11.6. The number of hydrogen-bond acceptors (Lipinski definition) is 5. The first-order chi connectivity index (χ1) is 8.50. The molecule has 0 bridgehead atoms. The van der Waals surface area contributed by atoms with Gasteiger partial charge in [0.15, 0.2) is 0 Å². The molecule has 5 nitrogen and oxygen atoms in total. The van der Waals surface area contributed by atoms with Crippen molar-refractivity contribution in [2.45, 2.75) is 11.4 Å². The second-order valence-electron chi connectivity index (χ2n) is 3.46. The number of sulfonamides is 1. The van der Waals surface area contributed by atoms with Gasteiger partial charge in [-0.1, -0.05) is 6.07 Å². The van der Waals surface area contributed by atoms with Crippen LogP contribution in [0.5, 0.6) is 0 Å². The number of nitrogens with two attached hydrogens (primary N) is 1. The summed E-state index contributed by atoms with van der Waals surface area (Å²) in [6.07, 6.45) is 0. The Kier molecular flexibility index (Phi) is 3.60. The molecule has 1 aromatic carbocycles. The molecule has 0 amide bonds. The van der Waals surface area contributed by atoms with E-state index in [2.05, 4.69) is 9.71 Å². The van der Waals surface area contributed by atoms with Crippen LogP contribution in [0.3, 0.4) is 0 Å². The summed E-state index contributed by atoms with van der Waals surface area (Å²) in [5.74, 6) is -0.758. The van der Waals surface area contributed by atoms with E-state index in [9.17, 15) is 12.8 Å². The summed E-state index contributed by atoms with van der Waals surface area (Å²) >= 11 is 1.36. The lowest BCUT2D eigenvalue weighted by atomic mass is 10.3. The van der Waals surface area contributed by atoms with Crippen LogP contribution in [0.4, 0.5) is 10.1 Å². The fourth-order valence-corrected chi connectivity index (χ4v) is 3.02. The third kappa shape index (κ3) is 2.66. The highest BCUT2D eigenvalue weighted by atomic mass is 32.2. The molecular formula is C10H10FN3O2S2. The van der Waals surface area contributed by atoms with E-state index in [1.807, 2.05) is 0 Å². The maximum atomic E-state index is 13.2. The zero-order valence-electron chi connectivity index (χ0n) is 9.13. The van der Waals surface area contributed by atoms with Crippen molar-refractivity contribution in [1.82, 2.24) is 9.71 Å². The Morgan fingerprint density at radius 3 is 2.89 bits per heavy atom. The highest BCUT2D eigenvalue weighted by molar-refractivity contribution is 7.89. The molecule has 3 N–H and O–H groups in total. The first-order valence-corrected chi connectivity index (χ1v) is 7.34. The Morgan fingerprint density at radius 1 is 1.44 bits per heavy atom. The van der Waals surface area contributed by atoms with Gasteiger partial charge in [0.1, 0.15) is 10.7 Å². The topological polar surface area (TPSA) is 85.1 Å². The van der Waals surface area contributed by atoms with Crippen LogP contribution in [-0.4, -0.2) is 13.4 Å². The van der Waals surface area contributed by atoms with Gasteiger partial charge in [-0.3, -0.25) is 0 Å². The molecule has 0 fully saturated rings. The minimum absolute atomic E-state index is 0.0434. The van der Waals surface area contributed by atoms with Gasteiger partial charge in [0, 0.05) is 5.38 Å². The fraction of sp³-hybridized carbons (Fsp3) is 0.100. The van der Waals surface area contributed by atoms with E-state index in [0.29, 0.717) is 5.69 Å². The number of nitrogens with zero attached hydrogens (tertiary/aromatic N) is 1. The fourth-order valence-electron chi connectivity index (χ4n) is 1.32. The molecule has 0 aliphatic carbocycles. The minimum atomic E-state index is -3.84. The van der Waals surface area contributed by atoms with Crippen LogP contribution in [0.15, 0.2) is 34.0 Å². The van der Waals surface area contributed by atoms with Gasteiger partial charge >= 0.3 is 0 Å². The van der Waals surface area contributed by atoms with Crippen LogP contribution in [0, 0.1) is 5.82 Å². The van der Waals surface area contributed by atoms with Crippen LogP contribution < -0.4 is 10.5 Å². The van der Waals surface area contributed by atoms with E-state index in [1.165, 1.54) is 23.5 Å². The van der Waals surface area contributed by atoms with Crippen molar-refractivity contribution < 1.29 is 12.8 Å². The lowest BCUT2D eigenvalue weighted by molar-refractivity contribution is 0.578. The molecule has 0 saturated carbocycles. The molecule has 8 heteroatoms. The Labute approximate surface area is 108 Å². The summed E-state index contributed by atoms with van der Waals surface area (Å²) in [6.45, 7) is 0.0434. The van der Waals surface area contributed by atoms with E-state index < -0.39 is 15.8 Å². The first kappa shape index (κ1) is 12.9. The Morgan fingerprint density at radius 2 is 2.22 bits per heavy atom. The van der Waals surface area contributed by atoms with Gasteiger partial charge in [-0.25, -0.2) is 22.5 Å². The van der Waals surface area contributed by atoms with E-state index in [-0.39, 0.29) is 17.1 Å². The van der Waals surface area contributed by atoms with E-state index in [1.54, 1.807) is 10.9 Å². The van der Waals surface area contributed by atoms with Crippen molar-refractivity contribution in [3.05, 3.63) is 40.6 Å². The molecule has 0 spiro atoms. The summed E-state index contributed by atoms with van der Waals surface area (Å²) in [5.41, 5.74) is 7.22. The Hall–Kier alpha value is -1.51. The quantitative estimate of drug-likeness (QED) is 0.831. The summed E-state index contributed by atoms with van der Waals surface area (Å²) in [6, 6.07) is 3.65. The number of nitrogen functional groups attached to an aromatic ring is 1. The molecule has 18 heavy (non-hydrogen) atoms. The largest absolute Gasteiger partial charge is 0.395 e. The van der Waals surface area contributed by atoms with E-state index in [4.69, 9.17) is 5.73 Å². The molecule has 96 valence electrons. The zero-order chi connectivity index (χ0) is 13.2. The Bertz CT molecular complexity index is 641. The van der Waals surface area contributed by atoms with E-state index in [0.717, 1.165) is 6.07 Å². The Balaban J connectivity index is 2.23. The van der Waals surface area contributed by atoms with Crippen LogP contribution in [0.1, 0.15) is 5.69 Å². The lowest BCUT2D eigenvalue weighted by Gasteiger charge is -2.08. The second-order valence-corrected chi connectivity index (χ2v) is 5.91. The van der Waals surface area contributed by atoms with Crippen molar-refractivity contribution >= 4 is 27.0 Å². The maximum absolute atomic E-state index is 13.2. The molecule has 0 aliphatic heterocycles. The molecule has 0 aliphatic rings. The van der Waals surface area contributed by atoms with Crippen molar-refractivity contribution in [2.24, 2.45) is 0 Å². The molecule has 1 heterocycles. The van der Waals surface area contributed by atoms with Crippen LogP contribution in [0.2, 0.25) is 0 Å². The standard InChI is InChI=1S/C10H10FN3O2S2/c11-8-2-1-3-9(10(8)12)18(15,16)14-4-7-5-17-6-13-7/h1-3,5-6,14H,4,12H2. The molecule has 0 atom stereocenters. The number of rotatable bonds is 4. The smallest absolute Gasteiger partial charge is 0.243 e. The number of aromatic nitrogens is 1. The summed E-state index contributed by atoms with van der Waals surface area (Å²) in [4.78, 5) is 3.67. The number of halogens is 1. The first-order valence-electron chi connectivity index (χ1n) is 4.91. The molecule has 1 aromatic heterocycles. The van der Waals surface area contributed by atoms with Gasteiger partial charge in [-0.15, -0.1) is 11.3 Å². The molecule has 2 rings (SSSR count). The van der Waals surface area contributed by atoms with Crippen molar-refractivity contribution in [2.75, 3.05) is 5.73 Å². The number of nitrogens with one attached hydrogen (secondary N) is 1. The minimum Gasteiger partial charge on any atom is -0.395 e. The van der Waals surface area contributed by atoms with Crippen LogP contribution >= 0.6 is 11.3 Å². The number of thiazole rings is 1. The second kappa shape index (κ2) is 5.01. The highest BCUT2D eigenvalue weighted by Gasteiger charge is 2.19. The van der Waals surface area contributed by atoms with Gasteiger partial charge in [0.2, 0.25) is 10.0 Å². The number of hydrogen-bond donors (Lipinski definition) is 2. The average molecular weight is 287 g/mol. The molecule has 2 aromatic rings. The summed E-state index contributed by atoms with van der Waals surface area (Å²) in [5, 5.41) is 1.72. The maximum Gasteiger partial charge on any atom is 0.243 e. The average Bonchev–Trinajstić information content (AvgIpc) is 2.83. The third-order valence-corrected chi connectivity index (χ3v) is 4.32. The predicted molar refractivity (Wildman–Crippen MR) is 67.0 cm³/mol. The van der Waals surface area contributed by atoms with Crippen molar-refractivity contribution in [3.8, 4) is 0 Å². The van der Waals surface area contributed by atoms with Gasteiger partial charge in [-0.05, 0) is 12.1 Å². The van der Waals surface area contributed by atoms with Gasteiger partial charge in [-0.2, -0.15) is 0 Å². The van der Waals surface area contributed by atoms with E-state index >= 15 is 0 Å².